The molecule has 0 radical (unpaired) electrons. The molecule has 25 heavy (non-hydrogen) atoms. The molecule has 1 aromatic heterocycles. The SMILES string of the molecule is Fc1c(Br)nc(N2CCCCC2)c(F)c1C(F)(C(F)(F)F)C(F)(F)F. The highest BCUT2D eigenvalue weighted by molar-refractivity contribution is 9.10. The number of hydrogen-bond acceptors (Lipinski definition) is 2. The molecule has 0 atom stereocenters. The van der Waals surface area contributed by atoms with Crippen molar-refractivity contribution in [3.8, 4) is 0 Å². The van der Waals surface area contributed by atoms with Crippen molar-refractivity contribution in [3.05, 3.63) is 21.8 Å². The number of anilines is 1. The van der Waals surface area contributed by atoms with E-state index in [1.807, 2.05) is 0 Å². The molecule has 2 nitrogen and oxygen atoms in total. The molecule has 0 saturated carbocycles. The molecule has 0 aromatic carbocycles. The molecule has 1 saturated heterocycles. The maximum atomic E-state index is 14.4. The molecule has 2 rings (SSSR count). The van der Waals surface area contributed by atoms with Gasteiger partial charge in [0.05, 0.1) is 5.56 Å². The number of aromatic nitrogens is 1. The molecule has 12 heteroatoms. The van der Waals surface area contributed by atoms with E-state index in [1.54, 1.807) is 0 Å². The fourth-order valence-electron chi connectivity index (χ4n) is 2.56. The average Bonchev–Trinajstić information content (AvgIpc) is 2.49. The molecule has 1 fully saturated rings. The Bertz CT molecular complexity index is 636. The van der Waals surface area contributed by atoms with Gasteiger partial charge in [-0.05, 0) is 35.2 Å². The first-order valence-electron chi connectivity index (χ1n) is 6.94. The lowest BCUT2D eigenvalue weighted by Gasteiger charge is -2.33. The van der Waals surface area contributed by atoms with Crippen LogP contribution in [0.25, 0.3) is 0 Å². The summed E-state index contributed by atoms with van der Waals surface area (Å²) in [6.45, 7) is 0.164. The van der Waals surface area contributed by atoms with Crippen molar-refractivity contribution >= 4 is 21.7 Å². The molecule has 0 unspecified atom stereocenters. The predicted octanol–water partition coefficient (Wildman–Crippen LogP) is 5.40. The summed E-state index contributed by atoms with van der Waals surface area (Å²) in [6, 6.07) is 0. The Morgan fingerprint density at radius 3 is 1.72 bits per heavy atom. The van der Waals surface area contributed by atoms with Gasteiger partial charge in [0, 0.05) is 13.1 Å². The fourth-order valence-corrected chi connectivity index (χ4v) is 2.93. The number of pyridine rings is 1. The van der Waals surface area contributed by atoms with Crippen LogP contribution in [0.2, 0.25) is 0 Å². The molecule has 0 amide bonds. The summed E-state index contributed by atoms with van der Waals surface area (Å²) in [6.07, 6.45) is -11.6. The Morgan fingerprint density at radius 1 is 0.800 bits per heavy atom. The van der Waals surface area contributed by atoms with Crippen molar-refractivity contribution in [2.24, 2.45) is 0 Å². The Kier molecular flexibility index (Phi) is 5.24. The number of rotatable bonds is 2. The van der Waals surface area contributed by atoms with Crippen LogP contribution in [0.5, 0.6) is 0 Å². The summed E-state index contributed by atoms with van der Waals surface area (Å²) in [7, 11) is 0. The van der Waals surface area contributed by atoms with Gasteiger partial charge in [-0.15, -0.1) is 0 Å². The quantitative estimate of drug-likeness (QED) is 0.448. The van der Waals surface area contributed by atoms with Gasteiger partial charge in [-0.3, -0.25) is 0 Å². The van der Waals surface area contributed by atoms with Crippen LogP contribution in [0.4, 0.5) is 45.3 Å². The van der Waals surface area contributed by atoms with Gasteiger partial charge in [0.25, 0.3) is 0 Å². The van der Waals surface area contributed by atoms with Crippen LogP contribution in [0, 0.1) is 11.6 Å². The Labute approximate surface area is 144 Å². The van der Waals surface area contributed by atoms with Gasteiger partial charge in [-0.1, -0.05) is 0 Å². The van der Waals surface area contributed by atoms with E-state index in [0.717, 1.165) is 4.90 Å². The highest BCUT2D eigenvalue weighted by atomic mass is 79.9. The van der Waals surface area contributed by atoms with Gasteiger partial charge in [0.15, 0.2) is 17.5 Å². The van der Waals surface area contributed by atoms with Gasteiger partial charge in [0.1, 0.15) is 4.60 Å². The van der Waals surface area contributed by atoms with E-state index in [-0.39, 0.29) is 13.1 Å². The van der Waals surface area contributed by atoms with Crippen molar-refractivity contribution in [1.82, 2.24) is 4.98 Å². The minimum Gasteiger partial charge on any atom is -0.354 e. The van der Waals surface area contributed by atoms with Gasteiger partial charge < -0.3 is 4.90 Å². The third kappa shape index (κ3) is 3.28. The standard InChI is InChI=1S/C13H10BrF9N2/c14-9-7(15)6(11(17,12(18,19)20)13(21,22)23)8(16)10(24-9)25-4-2-1-3-5-25/h1-5H2. The zero-order valence-electron chi connectivity index (χ0n) is 12.2. The van der Waals surface area contributed by atoms with Crippen molar-refractivity contribution in [2.75, 3.05) is 18.0 Å². The predicted molar refractivity (Wildman–Crippen MR) is 72.8 cm³/mol. The Balaban J connectivity index is 2.77. The van der Waals surface area contributed by atoms with Crippen LogP contribution in [0.1, 0.15) is 24.8 Å². The maximum absolute atomic E-state index is 14.4. The lowest BCUT2D eigenvalue weighted by molar-refractivity contribution is -0.350. The van der Waals surface area contributed by atoms with Crippen LogP contribution < -0.4 is 4.90 Å². The lowest BCUT2D eigenvalue weighted by Crippen LogP contribution is -2.52. The first-order valence-corrected chi connectivity index (χ1v) is 7.74. The second-order valence-electron chi connectivity index (χ2n) is 5.43. The van der Waals surface area contributed by atoms with Gasteiger partial charge in [-0.2, -0.15) is 26.3 Å². The largest absolute Gasteiger partial charge is 0.436 e. The Hall–Kier alpha value is -1.20. The van der Waals surface area contributed by atoms with Crippen molar-refractivity contribution in [2.45, 2.75) is 37.3 Å². The summed E-state index contributed by atoms with van der Waals surface area (Å²) >= 11 is 2.34. The first kappa shape index (κ1) is 20.1. The van der Waals surface area contributed by atoms with Gasteiger partial charge >= 0.3 is 18.0 Å². The molecule has 142 valence electrons. The maximum Gasteiger partial charge on any atom is 0.436 e. The smallest absolute Gasteiger partial charge is 0.354 e. The molecule has 1 aliphatic rings. The number of nitrogens with zero attached hydrogens (tertiary/aromatic N) is 2. The number of piperidine rings is 1. The molecule has 1 aliphatic heterocycles. The monoisotopic (exact) mass is 444 g/mol. The molecule has 0 spiro atoms. The van der Waals surface area contributed by atoms with E-state index in [4.69, 9.17) is 0 Å². The third-order valence-corrected chi connectivity index (χ3v) is 4.33. The molecule has 2 heterocycles. The molecule has 0 aliphatic carbocycles. The Morgan fingerprint density at radius 2 is 1.28 bits per heavy atom. The number of alkyl halides is 7. The summed E-state index contributed by atoms with van der Waals surface area (Å²) in [5.74, 6) is -5.67. The highest BCUT2D eigenvalue weighted by Crippen LogP contribution is 2.55. The van der Waals surface area contributed by atoms with E-state index >= 15 is 0 Å². The second kappa shape index (κ2) is 6.51. The topological polar surface area (TPSA) is 16.1 Å². The molecule has 0 N–H and O–H groups in total. The third-order valence-electron chi connectivity index (χ3n) is 3.80. The first-order chi connectivity index (χ1) is 11.3. The average molecular weight is 445 g/mol. The van der Waals surface area contributed by atoms with Crippen molar-refractivity contribution in [3.63, 3.8) is 0 Å². The number of halogens is 10. The zero-order chi connectivity index (χ0) is 19.2. The van der Waals surface area contributed by atoms with Gasteiger partial charge in [-0.25, -0.2) is 18.2 Å². The van der Waals surface area contributed by atoms with E-state index < -0.39 is 45.6 Å². The van der Waals surface area contributed by atoms with Crippen molar-refractivity contribution in [1.29, 1.82) is 0 Å². The van der Waals surface area contributed by atoms with Crippen LogP contribution in [0.3, 0.4) is 0 Å². The second-order valence-corrected chi connectivity index (χ2v) is 6.18. The summed E-state index contributed by atoms with van der Waals surface area (Å²) in [4.78, 5) is 4.38. The summed E-state index contributed by atoms with van der Waals surface area (Å²) in [5.41, 5.74) is -8.99. The minimum absolute atomic E-state index is 0.0821. The van der Waals surface area contributed by atoms with E-state index in [9.17, 15) is 39.5 Å². The molecular formula is C13H10BrF9N2. The molecular weight excluding hydrogens is 435 g/mol. The van der Waals surface area contributed by atoms with E-state index in [0.29, 0.717) is 19.3 Å². The normalized spacial score (nSPS) is 17.1. The van der Waals surface area contributed by atoms with Crippen LogP contribution in [0.15, 0.2) is 4.60 Å². The van der Waals surface area contributed by atoms with E-state index in [1.165, 1.54) is 0 Å². The lowest BCUT2D eigenvalue weighted by atomic mass is 9.93. The minimum atomic E-state index is -6.63. The fraction of sp³-hybridized carbons (Fsp3) is 0.615. The van der Waals surface area contributed by atoms with Crippen molar-refractivity contribution < 1.29 is 39.5 Å². The molecule has 1 aromatic rings. The summed E-state index contributed by atoms with van der Waals surface area (Å²) < 4.78 is 119. The summed E-state index contributed by atoms with van der Waals surface area (Å²) in [5, 5.41) is 0. The van der Waals surface area contributed by atoms with Crippen LogP contribution in [-0.4, -0.2) is 30.4 Å². The van der Waals surface area contributed by atoms with Crippen LogP contribution >= 0.6 is 15.9 Å². The highest BCUT2D eigenvalue weighted by Gasteiger charge is 2.75. The van der Waals surface area contributed by atoms with Gasteiger partial charge in [0.2, 0.25) is 0 Å². The van der Waals surface area contributed by atoms with Crippen LogP contribution in [-0.2, 0) is 5.67 Å². The zero-order valence-corrected chi connectivity index (χ0v) is 13.8. The van der Waals surface area contributed by atoms with E-state index in [2.05, 4.69) is 20.9 Å². The number of hydrogen-bond donors (Lipinski definition) is 0. The molecule has 0 bridgehead atoms.